The van der Waals surface area contributed by atoms with Gasteiger partial charge in [-0.2, -0.15) is 0 Å². The molecule has 0 aromatic heterocycles. The third-order valence-corrected chi connectivity index (χ3v) is 4.75. The van der Waals surface area contributed by atoms with Crippen LogP contribution in [0.5, 0.6) is 0 Å². The molecular formula is C13H15N3OS2. The van der Waals surface area contributed by atoms with Crippen molar-refractivity contribution < 1.29 is 4.79 Å². The summed E-state index contributed by atoms with van der Waals surface area (Å²) in [4.78, 5) is 16.9. The van der Waals surface area contributed by atoms with Gasteiger partial charge in [-0.25, -0.2) is 0 Å². The Bertz CT molecular complexity index is 555. The van der Waals surface area contributed by atoms with Crippen LogP contribution in [0.15, 0.2) is 39.5 Å². The summed E-state index contributed by atoms with van der Waals surface area (Å²) in [5.41, 5.74) is 1.11. The van der Waals surface area contributed by atoms with E-state index in [2.05, 4.69) is 0 Å². The lowest BCUT2D eigenvalue weighted by molar-refractivity contribution is -0.121. The molecule has 1 aromatic rings. The van der Waals surface area contributed by atoms with E-state index in [4.69, 9.17) is 5.41 Å². The van der Waals surface area contributed by atoms with E-state index in [9.17, 15) is 4.79 Å². The highest BCUT2D eigenvalue weighted by Crippen LogP contribution is 2.35. The van der Waals surface area contributed by atoms with Crippen LogP contribution in [0.4, 0.5) is 5.69 Å². The average molecular weight is 293 g/mol. The predicted molar refractivity (Wildman–Crippen MR) is 82.8 cm³/mol. The number of nitrogens with one attached hydrogen (secondary N) is 1. The van der Waals surface area contributed by atoms with Gasteiger partial charge < -0.3 is 4.90 Å². The van der Waals surface area contributed by atoms with Gasteiger partial charge in [-0.3, -0.25) is 15.1 Å². The Morgan fingerprint density at radius 3 is 2.63 bits per heavy atom. The highest BCUT2D eigenvalue weighted by atomic mass is 32.2. The van der Waals surface area contributed by atoms with E-state index in [1.807, 2.05) is 48.7 Å². The molecule has 2 rings (SSSR count). The van der Waals surface area contributed by atoms with Crippen LogP contribution >= 0.6 is 23.5 Å². The summed E-state index contributed by atoms with van der Waals surface area (Å²) in [6.07, 6.45) is 0. The third-order valence-electron chi connectivity index (χ3n) is 2.67. The van der Waals surface area contributed by atoms with Crippen molar-refractivity contribution in [2.24, 2.45) is 0 Å². The molecule has 1 aliphatic rings. The van der Waals surface area contributed by atoms with Crippen LogP contribution in [-0.2, 0) is 4.79 Å². The number of hydrogen-bond donors (Lipinski definition) is 1. The van der Waals surface area contributed by atoms with E-state index in [1.54, 1.807) is 7.05 Å². The Balaban J connectivity index is 2.20. The van der Waals surface area contributed by atoms with E-state index < -0.39 is 0 Å². The summed E-state index contributed by atoms with van der Waals surface area (Å²) in [6, 6.07) is 8.03. The zero-order chi connectivity index (χ0) is 14.0. The number of hydrogen-bond acceptors (Lipinski definition) is 5. The second-order valence-corrected chi connectivity index (χ2v) is 6.18. The zero-order valence-electron chi connectivity index (χ0n) is 11.0. The number of nitrogens with zero attached hydrogens (tertiary/aromatic N) is 2. The molecule has 100 valence electrons. The number of para-hydroxylation sites is 1. The van der Waals surface area contributed by atoms with Crippen LogP contribution in [0.1, 0.15) is 0 Å². The molecule has 1 aromatic carbocycles. The number of thioether (sulfide) groups is 2. The van der Waals surface area contributed by atoms with Crippen molar-refractivity contribution in [3.05, 3.63) is 34.6 Å². The fraction of sp³-hybridized carbons (Fsp3) is 0.231. The van der Waals surface area contributed by atoms with Crippen LogP contribution in [0.3, 0.4) is 0 Å². The van der Waals surface area contributed by atoms with E-state index in [-0.39, 0.29) is 11.1 Å². The summed E-state index contributed by atoms with van der Waals surface area (Å²) in [6.45, 7) is 0. The van der Waals surface area contributed by atoms with Crippen molar-refractivity contribution in [3.63, 3.8) is 0 Å². The van der Waals surface area contributed by atoms with Crippen LogP contribution in [0.25, 0.3) is 0 Å². The second kappa shape index (κ2) is 5.71. The molecular weight excluding hydrogens is 278 g/mol. The molecule has 0 radical (unpaired) electrons. The van der Waals surface area contributed by atoms with E-state index >= 15 is 0 Å². The van der Waals surface area contributed by atoms with Gasteiger partial charge in [0.25, 0.3) is 5.91 Å². The fourth-order valence-electron chi connectivity index (χ4n) is 1.59. The Morgan fingerprint density at radius 1 is 1.37 bits per heavy atom. The maximum absolute atomic E-state index is 11.8. The van der Waals surface area contributed by atoms with Gasteiger partial charge >= 0.3 is 0 Å². The van der Waals surface area contributed by atoms with E-state index in [0.717, 1.165) is 10.6 Å². The fourth-order valence-corrected chi connectivity index (χ4v) is 3.44. The van der Waals surface area contributed by atoms with Crippen LogP contribution in [-0.4, -0.2) is 37.1 Å². The second-order valence-electron chi connectivity index (χ2n) is 4.23. The smallest absolute Gasteiger partial charge is 0.266 e. The maximum Gasteiger partial charge on any atom is 0.266 e. The standard InChI is InChI=1S/C13H15N3OS2/c1-15(2)9-6-4-5-7-10(9)18-8-11-12(17)16(3)13(14)19-11/h4-8,14H,1-3H3/b11-8-,14-13?. The molecule has 1 N–H and O–H groups in total. The number of carbonyl (C=O) groups excluding carboxylic acids is 1. The molecule has 0 saturated carbocycles. The van der Waals surface area contributed by atoms with Crippen LogP contribution in [0.2, 0.25) is 0 Å². The minimum absolute atomic E-state index is 0.107. The summed E-state index contributed by atoms with van der Waals surface area (Å²) < 4.78 is 0. The number of carbonyl (C=O) groups is 1. The number of rotatable bonds is 3. The molecule has 4 nitrogen and oxygen atoms in total. The first kappa shape index (κ1) is 14.0. The summed E-state index contributed by atoms with van der Waals surface area (Å²) in [5.74, 6) is -0.107. The molecule has 0 unspecified atom stereocenters. The topological polar surface area (TPSA) is 47.4 Å². The van der Waals surface area contributed by atoms with Crippen molar-refractivity contribution in [1.82, 2.24) is 4.90 Å². The molecule has 0 atom stereocenters. The summed E-state index contributed by atoms with van der Waals surface area (Å²) in [7, 11) is 5.61. The lowest BCUT2D eigenvalue weighted by Crippen LogP contribution is -2.22. The first-order valence-electron chi connectivity index (χ1n) is 5.68. The first-order valence-corrected chi connectivity index (χ1v) is 7.38. The Hall–Kier alpha value is -1.40. The maximum atomic E-state index is 11.8. The normalized spacial score (nSPS) is 17.4. The van der Waals surface area contributed by atoms with Gasteiger partial charge in [0.05, 0.1) is 10.6 Å². The van der Waals surface area contributed by atoms with Gasteiger partial charge in [-0.1, -0.05) is 23.9 Å². The lowest BCUT2D eigenvalue weighted by Gasteiger charge is -2.15. The van der Waals surface area contributed by atoms with Gasteiger partial charge in [0, 0.05) is 26.0 Å². The minimum Gasteiger partial charge on any atom is -0.377 e. The molecule has 1 aliphatic heterocycles. The molecule has 1 saturated heterocycles. The van der Waals surface area contributed by atoms with E-state index in [1.165, 1.54) is 28.4 Å². The minimum atomic E-state index is -0.107. The number of benzene rings is 1. The number of amidine groups is 1. The van der Waals surface area contributed by atoms with Gasteiger partial charge in [0.1, 0.15) is 0 Å². The SMILES string of the molecule is CN1C(=N)S/C(=C\Sc2ccccc2N(C)C)C1=O. The Morgan fingerprint density at radius 2 is 2.05 bits per heavy atom. The molecule has 0 bridgehead atoms. The third kappa shape index (κ3) is 2.96. The Labute approximate surface area is 121 Å². The molecule has 0 aliphatic carbocycles. The van der Waals surface area contributed by atoms with Crippen molar-refractivity contribution >= 4 is 40.3 Å². The molecule has 1 fully saturated rings. The predicted octanol–water partition coefficient (Wildman–Crippen LogP) is 2.83. The largest absolute Gasteiger partial charge is 0.377 e. The van der Waals surface area contributed by atoms with Crippen molar-refractivity contribution in [1.29, 1.82) is 5.41 Å². The Kier molecular flexibility index (Phi) is 4.21. The molecule has 19 heavy (non-hydrogen) atoms. The van der Waals surface area contributed by atoms with Crippen LogP contribution in [0, 0.1) is 5.41 Å². The first-order chi connectivity index (χ1) is 9.00. The molecule has 6 heteroatoms. The highest BCUT2D eigenvalue weighted by molar-refractivity contribution is 8.19. The van der Waals surface area contributed by atoms with Crippen molar-refractivity contribution in [2.75, 3.05) is 26.0 Å². The quantitative estimate of drug-likeness (QED) is 0.687. The van der Waals surface area contributed by atoms with Crippen molar-refractivity contribution in [2.45, 2.75) is 4.90 Å². The monoisotopic (exact) mass is 293 g/mol. The van der Waals surface area contributed by atoms with Crippen molar-refractivity contribution in [3.8, 4) is 0 Å². The van der Waals surface area contributed by atoms with Gasteiger partial charge in [-0.05, 0) is 29.3 Å². The van der Waals surface area contributed by atoms with E-state index in [0.29, 0.717) is 4.91 Å². The summed E-state index contributed by atoms with van der Waals surface area (Å²) >= 11 is 2.71. The number of anilines is 1. The summed E-state index contributed by atoms with van der Waals surface area (Å²) in [5, 5.41) is 9.72. The molecule has 1 heterocycles. The van der Waals surface area contributed by atoms with Gasteiger partial charge in [-0.15, -0.1) is 0 Å². The average Bonchev–Trinajstić information content (AvgIpc) is 2.64. The molecule has 1 amide bonds. The number of likely N-dealkylation sites (N-methyl/N-ethyl adjacent to an activating group) is 1. The van der Waals surface area contributed by atoms with Gasteiger partial charge in [0.15, 0.2) is 5.17 Å². The van der Waals surface area contributed by atoms with Gasteiger partial charge in [0.2, 0.25) is 0 Å². The molecule has 0 spiro atoms. The lowest BCUT2D eigenvalue weighted by atomic mass is 10.3. The zero-order valence-corrected chi connectivity index (χ0v) is 12.6. The highest BCUT2D eigenvalue weighted by Gasteiger charge is 2.28. The van der Waals surface area contributed by atoms with Crippen LogP contribution < -0.4 is 4.90 Å². The number of amides is 1.